The summed E-state index contributed by atoms with van der Waals surface area (Å²) in [7, 11) is 0. The van der Waals surface area contributed by atoms with E-state index in [-0.39, 0.29) is 29.8 Å². The predicted molar refractivity (Wildman–Crippen MR) is 124 cm³/mol. The summed E-state index contributed by atoms with van der Waals surface area (Å²) in [4.78, 5) is 31.3. The van der Waals surface area contributed by atoms with Crippen molar-refractivity contribution < 1.29 is 9.59 Å². The number of thiophene rings is 1. The van der Waals surface area contributed by atoms with E-state index in [1.165, 1.54) is 16.0 Å². The molecule has 0 bridgehead atoms. The van der Waals surface area contributed by atoms with Crippen LogP contribution in [0.4, 0.5) is 0 Å². The van der Waals surface area contributed by atoms with E-state index < -0.39 is 0 Å². The first-order valence-corrected chi connectivity index (χ1v) is 11.4. The molecule has 1 aliphatic rings. The summed E-state index contributed by atoms with van der Waals surface area (Å²) >= 11 is 1.76. The molecule has 30 heavy (non-hydrogen) atoms. The molecule has 3 rings (SSSR count). The van der Waals surface area contributed by atoms with Crippen LogP contribution in [0.5, 0.6) is 0 Å². The lowest BCUT2D eigenvalue weighted by molar-refractivity contribution is -0.142. The fourth-order valence-electron chi connectivity index (χ4n) is 4.04. The average Bonchev–Trinajstić information content (AvgIpc) is 3.15. The van der Waals surface area contributed by atoms with Gasteiger partial charge in [-0.3, -0.25) is 9.59 Å². The average molecular weight is 425 g/mol. The highest BCUT2D eigenvalue weighted by molar-refractivity contribution is 7.10. The molecule has 160 valence electrons. The Hall–Kier alpha value is -2.40. The van der Waals surface area contributed by atoms with Crippen LogP contribution in [0.25, 0.3) is 0 Å². The van der Waals surface area contributed by atoms with Crippen molar-refractivity contribution in [3.8, 4) is 0 Å². The Labute approximate surface area is 184 Å². The molecule has 0 radical (unpaired) electrons. The summed E-state index contributed by atoms with van der Waals surface area (Å²) in [5.41, 5.74) is 3.41. The van der Waals surface area contributed by atoms with Crippen molar-refractivity contribution in [2.24, 2.45) is 5.41 Å². The maximum atomic E-state index is 13.5. The molecule has 5 heteroatoms. The molecule has 2 amide bonds. The number of hydrogen-bond donors (Lipinski definition) is 0. The summed E-state index contributed by atoms with van der Waals surface area (Å²) in [6, 6.07) is 10.3. The Morgan fingerprint density at radius 2 is 1.97 bits per heavy atom. The lowest BCUT2D eigenvalue weighted by Crippen LogP contribution is -2.47. The van der Waals surface area contributed by atoms with Gasteiger partial charge in [0.15, 0.2) is 0 Å². The SMILES string of the molecule is C=CCN(CC(=O)N1CCc2sccc2[C@@H]1c1ccccc1C)C(=O)CC(C)(C)C. The first kappa shape index (κ1) is 22.3. The van der Waals surface area contributed by atoms with Crippen molar-refractivity contribution in [2.75, 3.05) is 19.6 Å². The van der Waals surface area contributed by atoms with E-state index in [2.05, 4.69) is 37.1 Å². The van der Waals surface area contributed by atoms with Crippen molar-refractivity contribution in [1.82, 2.24) is 9.80 Å². The molecule has 0 fully saturated rings. The van der Waals surface area contributed by atoms with Crippen LogP contribution in [0.15, 0.2) is 48.4 Å². The first-order chi connectivity index (χ1) is 14.2. The van der Waals surface area contributed by atoms with Crippen molar-refractivity contribution in [3.63, 3.8) is 0 Å². The predicted octanol–water partition coefficient (Wildman–Crippen LogP) is 4.98. The Balaban J connectivity index is 1.88. The number of carbonyl (C=O) groups excluding carboxylic acids is 2. The van der Waals surface area contributed by atoms with Gasteiger partial charge >= 0.3 is 0 Å². The maximum absolute atomic E-state index is 13.5. The van der Waals surface area contributed by atoms with Gasteiger partial charge in [-0.15, -0.1) is 17.9 Å². The van der Waals surface area contributed by atoms with Gasteiger partial charge < -0.3 is 9.80 Å². The van der Waals surface area contributed by atoms with Gasteiger partial charge in [0.05, 0.1) is 6.04 Å². The van der Waals surface area contributed by atoms with E-state index in [9.17, 15) is 9.59 Å². The fourth-order valence-corrected chi connectivity index (χ4v) is 4.95. The molecular formula is C25H32N2O2S. The summed E-state index contributed by atoms with van der Waals surface area (Å²) < 4.78 is 0. The van der Waals surface area contributed by atoms with E-state index in [0.717, 1.165) is 12.0 Å². The molecule has 2 heterocycles. The minimum absolute atomic E-state index is 0.00331. The lowest BCUT2D eigenvalue weighted by Gasteiger charge is -2.38. The fraction of sp³-hybridized carbons (Fsp3) is 0.440. The zero-order chi connectivity index (χ0) is 21.9. The number of carbonyl (C=O) groups is 2. The lowest BCUT2D eigenvalue weighted by atomic mass is 9.90. The number of aryl methyl sites for hydroxylation is 1. The van der Waals surface area contributed by atoms with Crippen LogP contribution in [-0.2, 0) is 16.0 Å². The number of hydrogen-bond acceptors (Lipinski definition) is 3. The molecule has 4 nitrogen and oxygen atoms in total. The number of nitrogens with zero attached hydrogens (tertiary/aromatic N) is 2. The zero-order valence-electron chi connectivity index (χ0n) is 18.5. The minimum atomic E-state index is -0.125. The number of benzene rings is 1. The second-order valence-corrected chi connectivity index (χ2v) is 10.2. The molecule has 0 spiro atoms. The minimum Gasteiger partial charge on any atom is -0.330 e. The van der Waals surface area contributed by atoms with Gasteiger partial charge in [0.1, 0.15) is 6.54 Å². The topological polar surface area (TPSA) is 40.6 Å². The van der Waals surface area contributed by atoms with Gasteiger partial charge in [0.2, 0.25) is 11.8 Å². The molecule has 1 atom stereocenters. The van der Waals surface area contributed by atoms with Crippen LogP contribution in [0.3, 0.4) is 0 Å². The normalized spacial score (nSPS) is 16.1. The Morgan fingerprint density at radius 1 is 1.23 bits per heavy atom. The summed E-state index contributed by atoms with van der Waals surface area (Å²) in [6.45, 7) is 13.1. The van der Waals surface area contributed by atoms with Gasteiger partial charge in [-0.05, 0) is 46.9 Å². The van der Waals surface area contributed by atoms with E-state index in [1.54, 1.807) is 22.3 Å². The number of fused-ring (bicyclic) bond motifs is 1. The van der Waals surface area contributed by atoms with Gasteiger partial charge in [0.25, 0.3) is 0 Å². The molecule has 2 aromatic rings. The van der Waals surface area contributed by atoms with E-state index in [1.807, 2.05) is 37.8 Å². The molecule has 1 aromatic carbocycles. The molecule has 1 aliphatic heterocycles. The maximum Gasteiger partial charge on any atom is 0.243 e. The molecule has 0 saturated carbocycles. The Kier molecular flexibility index (Phi) is 6.81. The molecule has 0 unspecified atom stereocenters. The third kappa shape index (κ3) is 5.01. The number of rotatable bonds is 6. The standard InChI is InChI=1S/C25H32N2O2S/c1-6-13-26(22(28)16-25(3,4)5)17-23(29)27-14-11-21-20(12-15-30-21)24(27)19-10-8-7-9-18(19)2/h6-10,12,15,24H,1,11,13-14,16-17H2,2-5H3/t24-/m0/s1. The molecule has 1 aromatic heterocycles. The smallest absolute Gasteiger partial charge is 0.243 e. The van der Waals surface area contributed by atoms with Gasteiger partial charge in [0, 0.05) is 24.4 Å². The van der Waals surface area contributed by atoms with Crippen LogP contribution in [0.2, 0.25) is 0 Å². The molecular weight excluding hydrogens is 392 g/mol. The van der Waals surface area contributed by atoms with Crippen LogP contribution < -0.4 is 0 Å². The first-order valence-electron chi connectivity index (χ1n) is 10.5. The third-order valence-corrected chi connectivity index (χ3v) is 6.48. The highest BCUT2D eigenvalue weighted by atomic mass is 32.1. The van der Waals surface area contributed by atoms with Crippen molar-refractivity contribution in [3.05, 3.63) is 69.9 Å². The third-order valence-electron chi connectivity index (χ3n) is 5.48. The van der Waals surface area contributed by atoms with E-state index >= 15 is 0 Å². The van der Waals surface area contributed by atoms with Crippen molar-refractivity contribution >= 4 is 23.2 Å². The van der Waals surface area contributed by atoms with Crippen molar-refractivity contribution in [1.29, 1.82) is 0 Å². The number of amides is 2. The Bertz CT molecular complexity index is 925. The second-order valence-electron chi connectivity index (χ2n) is 9.20. The summed E-state index contributed by atoms with van der Waals surface area (Å²) in [5.74, 6) is -0.0133. The van der Waals surface area contributed by atoms with Crippen LogP contribution in [0.1, 0.15) is 54.8 Å². The Morgan fingerprint density at radius 3 is 2.63 bits per heavy atom. The second kappa shape index (κ2) is 9.17. The monoisotopic (exact) mass is 424 g/mol. The van der Waals surface area contributed by atoms with Crippen molar-refractivity contribution in [2.45, 2.75) is 46.6 Å². The zero-order valence-corrected chi connectivity index (χ0v) is 19.3. The summed E-state index contributed by atoms with van der Waals surface area (Å²) in [5, 5.41) is 2.11. The van der Waals surface area contributed by atoms with Crippen LogP contribution in [0, 0.1) is 12.3 Å². The van der Waals surface area contributed by atoms with Gasteiger partial charge in [-0.2, -0.15) is 0 Å². The van der Waals surface area contributed by atoms with Crippen LogP contribution in [-0.4, -0.2) is 41.2 Å². The van der Waals surface area contributed by atoms with E-state index in [4.69, 9.17) is 0 Å². The highest BCUT2D eigenvalue weighted by Crippen LogP contribution is 2.39. The van der Waals surface area contributed by atoms with Crippen LogP contribution >= 0.6 is 11.3 Å². The van der Waals surface area contributed by atoms with E-state index in [0.29, 0.717) is 19.5 Å². The largest absolute Gasteiger partial charge is 0.330 e. The highest BCUT2D eigenvalue weighted by Gasteiger charge is 2.34. The van der Waals surface area contributed by atoms with Gasteiger partial charge in [-0.1, -0.05) is 51.1 Å². The van der Waals surface area contributed by atoms with Gasteiger partial charge in [-0.25, -0.2) is 0 Å². The molecule has 0 saturated heterocycles. The summed E-state index contributed by atoms with van der Waals surface area (Å²) in [6.07, 6.45) is 2.96. The molecule has 0 N–H and O–H groups in total. The molecule has 0 aliphatic carbocycles. The quantitative estimate of drug-likeness (QED) is 0.614.